The van der Waals surface area contributed by atoms with Gasteiger partial charge in [-0.3, -0.25) is 4.79 Å². The maximum atomic E-state index is 11.8. The highest BCUT2D eigenvalue weighted by Crippen LogP contribution is 2.27. The van der Waals surface area contributed by atoms with Crippen molar-refractivity contribution in [2.75, 3.05) is 13.2 Å². The van der Waals surface area contributed by atoms with Gasteiger partial charge in [0, 0.05) is 25.5 Å². The summed E-state index contributed by atoms with van der Waals surface area (Å²) in [5.41, 5.74) is 1.15. The van der Waals surface area contributed by atoms with Crippen LogP contribution in [0.2, 0.25) is 0 Å². The molecule has 86 valence electrons. The van der Waals surface area contributed by atoms with Gasteiger partial charge in [-0.25, -0.2) is 0 Å². The van der Waals surface area contributed by atoms with Gasteiger partial charge in [0.15, 0.2) is 0 Å². The topological polar surface area (TPSA) is 40.5 Å². The molecule has 1 aromatic carbocycles. The second-order valence-corrected chi connectivity index (χ2v) is 4.39. The van der Waals surface area contributed by atoms with Crippen LogP contribution in [-0.2, 0) is 4.79 Å². The highest BCUT2D eigenvalue weighted by atomic mass is 16.3. The predicted octanol–water partition coefficient (Wildman–Crippen LogP) is 1.59. The first kappa shape index (κ1) is 11.1. The number of likely N-dealkylation sites (tertiary alicyclic amines) is 1. The lowest BCUT2D eigenvalue weighted by molar-refractivity contribution is -0.129. The third-order valence-corrected chi connectivity index (χ3v) is 3.25. The second-order valence-electron chi connectivity index (χ2n) is 4.39. The summed E-state index contributed by atoms with van der Waals surface area (Å²) in [4.78, 5) is 13.6. The van der Waals surface area contributed by atoms with Crippen molar-refractivity contribution in [1.29, 1.82) is 0 Å². The van der Waals surface area contributed by atoms with Crippen LogP contribution in [0.4, 0.5) is 0 Å². The molecule has 1 aliphatic rings. The van der Waals surface area contributed by atoms with Crippen molar-refractivity contribution in [1.82, 2.24) is 4.90 Å². The molecule has 1 saturated heterocycles. The van der Waals surface area contributed by atoms with Crippen molar-refractivity contribution < 1.29 is 9.90 Å². The normalized spacial score (nSPS) is 22.5. The summed E-state index contributed by atoms with van der Waals surface area (Å²) in [5, 5.41) is 9.08. The third kappa shape index (κ3) is 2.09. The zero-order valence-electron chi connectivity index (χ0n) is 9.47. The van der Waals surface area contributed by atoms with Gasteiger partial charge < -0.3 is 10.0 Å². The Hall–Kier alpha value is -1.35. The Morgan fingerprint density at radius 1 is 1.44 bits per heavy atom. The average Bonchev–Trinajstić information content (AvgIpc) is 2.71. The van der Waals surface area contributed by atoms with Crippen LogP contribution in [-0.4, -0.2) is 29.1 Å². The van der Waals surface area contributed by atoms with E-state index in [1.54, 1.807) is 0 Å². The maximum absolute atomic E-state index is 11.8. The number of nitrogens with zero attached hydrogens (tertiary/aromatic N) is 1. The van der Waals surface area contributed by atoms with Gasteiger partial charge in [-0.15, -0.1) is 0 Å². The smallest absolute Gasteiger partial charge is 0.223 e. The number of benzene rings is 1. The fraction of sp³-hybridized carbons (Fsp3) is 0.462. The summed E-state index contributed by atoms with van der Waals surface area (Å²) in [6, 6.07) is 10.1. The minimum Gasteiger partial charge on any atom is -0.396 e. The van der Waals surface area contributed by atoms with Gasteiger partial charge in [0.1, 0.15) is 0 Å². The third-order valence-electron chi connectivity index (χ3n) is 3.25. The molecule has 0 radical (unpaired) electrons. The van der Waals surface area contributed by atoms with Crippen LogP contribution in [0, 0.1) is 5.92 Å². The minimum absolute atomic E-state index is 0.101. The van der Waals surface area contributed by atoms with Crippen LogP contribution in [0.3, 0.4) is 0 Å². The maximum Gasteiger partial charge on any atom is 0.223 e. The Bertz CT molecular complexity index is 363. The molecule has 0 bridgehead atoms. The second kappa shape index (κ2) is 4.66. The molecular formula is C13H17NO2. The monoisotopic (exact) mass is 219 g/mol. The number of hydrogen-bond donors (Lipinski definition) is 1. The number of carbonyl (C=O) groups is 1. The van der Waals surface area contributed by atoms with E-state index in [0.717, 1.165) is 5.56 Å². The first-order valence-corrected chi connectivity index (χ1v) is 5.67. The van der Waals surface area contributed by atoms with E-state index in [0.29, 0.717) is 13.0 Å². The zero-order valence-corrected chi connectivity index (χ0v) is 9.47. The van der Waals surface area contributed by atoms with Gasteiger partial charge in [0.05, 0.1) is 6.04 Å². The quantitative estimate of drug-likeness (QED) is 0.838. The number of aliphatic hydroxyl groups excluding tert-OH is 1. The lowest BCUT2D eigenvalue weighted by Gasteiger charge is -2.25. The van der Waals surface area contributed by atoms with Crippen molar-refractivity contribution in [2.45, 2.75) is 19.4 Å². The number of amides is 1. The summed E-state index contributed by atoms with van der Waals surface area (Å²) in [6.07, 6.45) is 0.480. The number of aliphatic hydroxyl groups is 1. The van der Waals surface area contributed by atoms with E-state index in [9.17, 15) is 4.79 Å². The lowest BCUT2D eigenvalue weighted by Crippen LogP contribution is -2.28. The molecule has 0 spiro atoms. The fourth-order valence-corrected chi connectivity index (χ4v) is 2.22. The first-order valence-electron chi connectivity index (χ1n) is 5.67. The molecule has 3 heteroatoms. The SMILES string of the molecule is C[C@@H](c1ccccc1)N1CC(CO)CC1=O. The van der Waals surface area contributed by atoms with E-state index < -0.39 is 0 Å². The molecule has 1 fully saturated rings. The molecule has 2 atom stereocenters. The summed E-state index contributed by atoms with van der Waals surface area (Å²) < 4.78 is 0. The van der Waals surface area contributed by atoms with E-state index >= 15 is 0 Å². The summed E-state index contributed by atoms with van der Waals surface area (Å²) in [7, 11) is 0. The Labute approximate surface area is 95.7 Å². The van der Waals surface area contributed by atoms with Crippen molar-refractivity contribution in [3.63, 3.8) is 0 Å². The van der Waals surface area contributed by atoms with Crippen LogP contribution in [0.15, 0.2) is 30.3 Å². The molecule has 0 aromatic heterocycles. The van der Waals surface area contributed by atoms with Crippen LogP contribution >= 0.6 is 0 Å². The summed E-state index contributed by atoms with van der Waals surface area (Å²) in [5.74, 6) is 0.258. The van der Waals surface area contributed by atoms with Gasteiger partial charge >= 0.3 is 0 Å². The van der Waals surface area contributed by atoms with Crippen molar-refractivity contribution in [3.8, 4) is 0 Å². The van der Waals surface area contributed by atoms with Crippen molar-refractivity contribution in [2.24, 2.45) is 5.92 Å². The highest BCUT2D eigenvalue weighted by molar-refractivity contribution is 5.79. The molecule has 16 heavy (non-hydrogen) atoms. The zero-order chi connectivity index (χ0) is 11.5. The largest absolute Gasteiger partial charge is 0.396 e. The Kier molecular flexibility index (Phi) is 3.25. The Balaban J connectivity index is 2.11. The Morgan fingerprint density at radius 2 is 2.12 bits per heavy atom. The summed E-state index contributed by atoms with van der Waals surface area (Å²) in [6.45, 7) is 2.81. The Morgan fingerprint density at radius 3 is 2.69 bits per heavy atom. The van der Waals surface area contributed by atoms with E-state index in [4.69, 9.17) is 5.11 Å². The highest BCUT2D eigenvalue weighted by Gasteiger charge is 2.32. The van der Waals surface area contributed by atoms with Crippen LogP contribution < -0.4 is 0 Å². The summed E-state index contributed by atoms with van der Waals surface area (Å²) >= 11 is 0. The predicted molar refractivity (Wildman–Crippen MR) is 61.8 cm³/mol. The van der Waals surface area contributed by atoms with Crippen LogP contribution in [0.25, 0.3) is 0 Å². The molecule has 1 unspecified atom stereocenters. The van der Waals surface area contributed by atoms with Gasteiger partial charge in [-0.05, 0) is 12.5 Å². The molecule has 1 amide bonds. The van der Waals surface area contributed by atoms with E-state index in [2.05, 4.69) is 0 Å². The van der Waals surface area contributed by atoms with Crippen molar-refractivity contribution in [3.05, 3.63) is 35.9 Å². The van der Waals surface area contributed by atoms with Gasteiger partial charge in [-0.2, -0.15) is 0 Å². The van der Waals surface area contributed by atoms with Gasteiger partial charge in [0.2, 0.25) is 5.91 Å². The van der Waals surface area contributed by atoms with E-state index in [1.807, 2.05) is 42.2 Å². The molecule has 1 aliphatic heterocycles. The molecule has 2 rings (SSSR count). The van der Waals surface area contributed by atoms with Gasteiger partial charge in [-0.1, -0.05) is 30.3 Å². The molecule has 0 aliphatic carbocycles. The molecule has 0 saturated carbocycles. The minimum atomic E-state index is 0.101. The molecule has 3 nitrogen and oxygen atoms in total. The molecule has 1 heterocycles. The van der Waals surface area contributed by atoms with Crippen LogP contribution in [0.1, 0.15) is 24.9 Å². The standard InChI is InChI=1S/C13H17NO2/c1-10(12-5-3-2-4-6-12)14-8-11(9-15)7-13(14)16/h2-6,10-11,15H,7-9H2,1H3/t10-,11?/m0/s1. The molecule has 1 N–H and O–H groups in total. The molecule has 1 aromatic rings. The van der Waals surface area contributed by atoms with Crippen molar-refractivity contribution >= 4 is 5.91 Å². The van der Waals surface area contributed by atoms with Gasteiger partial charge in [0.25, 0.3) is 0 Å². The lowest BCUT2D eigenvalue weighted by atomic mass is 10.1. The van der Waals surface area contributed by atoms with E-state index in [1.165, 1.54) is 0 Å². The number of carbonyl (C=O) groups excluding carboxylic acids is 1. The number of rotatable bonds is 3. The first-order chi connectivity index (χ1) is 7.72. The fourth-order valence-electron chi connectivity index (χ4n) is 2.22. The van der Waals surface area contributed by atoms with E-state index in [-0.39, 0.29) is 24.5 Å². The molecular weight excluding hydrogens is 202 g/mol. The average molecular weight is 219 g/mol. The number of hydrogen-bond acceptors (Lipinski definition) is 2. The van der Waals surface area contributed by atoms with Crippen LogP contribution in [0.5, 0.6) is 0 Å².